The third-order valence-corrected chi connectivity index (χ3v) is 2.93. The Morgan fingerprint density at radius 2 is 2.24 bits per heavy atom. The first-order valence-electron chi connectivity index (χ1n) is 7.01. The van der Waals surface area contributed by atoms with Crippen LogP contribution >= 0.6 is 0 Å². The van der Waals surface area contributed by atoms with Crippen molar-refractivity contribution in [2.45, 2.75) is 26.8 Å². The molecule has 2 rings (SSSR count). The lowest BCUT2D eigenvalue weighted by atomic mass is 10.1. The van der Waals surface area contributed by atoms with Crippen LogP contribution < -0.4 is 10.6 Å². The quantitative estimate of drug-likeness (QED) is 0.818. The molecule has 0 aliphatic rings. The molecule has 0 fully saturated rings. The number of hydrogen-bond donors (Lipinski definition) is 2. The van der Waals surface area contributed by atoms with Crippen LogP contribution in [0.1, 0.15) is 36.5 Å². The first kappa shape index (κ1) is 15.0. The number of nitrogens with one attached hydrogen (secondary N) is 2. The maximum atomic E-state index is 12.0. The predicted octanol–water partition coefficient (Wildman–Crippen LogP) is 2.46. The van der Waals surface area contributed by atoms with E-state index in [2.05, 4.69) is 34.4 Å². The number of aromatic nitrogens is 2. The fraction of sp³-hybridized carbons (Fsp3) is 0.400. The zero-order chi connectivity index (χ0) is 15.1. The number of nitrogens with zero attached hydrogens (tertiary/aromatic N) is 2. The van der Waals surface area contributed by atoms with E-state index in [1.54, 1.807) is 12.3 Å². The second-order valence-electron chi connectivity index (χ2n) is 5.16. The van der Waals surface area contributed by atoms with Crippen LogP contribution in [-0.2, 0) is 6.54 Å². The molecular formula is C15H20N4O2. The molecule has 0 bridgehead atoms. The number of carbonyl (C=O) groups excluding carboxylic acids is 1. The summed E-state index contributed by atoms with van der Waals surface area (Å²) in [5.74, 6) is 1.77. The fourth-order valence-corrected chi connectivity index (χ4v) is 1.73. The molecule has 112 valence electrons. The molecule has 0 aliphatic heterocycles. The summed E-state index contributed by atoms with van der Waals surface area (Å²) in [6, 6.07) is 5.33. The van der Waals surface area contributed by atoms with Gasteiger partial charge in [-0.1, -0.05) is 13.8 Å². The van der Waals surface area contributed by atoms with Crippen molar-refractivity contribution in [2.24, 2.45) is 5.92 Å². The minimum absolute atomic E-state index is 0.181. The lowest BCUT2D eigenvalue weighted by Gasteiger charge is -2.08. The summed E-state index contributed by atoms with van der Waals surface area (Å²) in [4.78, 5) is 20.0. The van der Waals surface area contributed by atoms with E-state index in [1.807, 2.05) is 12.1 Å². The zero-order valence-electron chi connectivity index (χ0n) is 12.3. The average molecular weight is 288 g/mol. The summed E-state index contributed by atoms with van der Waals surface area (Å²) in [5, 5.41) is 5.94. The van der Waals surface area contributed by atoms with Crippen LogP contribution in [0.2, 0.25) is 0 Å². The average Bonchev–Trinajstić information content (AvgIpc) is 2.98. The molecule has 0 saturated heterocycles. The van der Waals surface area contributed by atoms with Gasteiger partial charge in [0.2, 0.25) is 0 Å². The molecule has 0 unspecified atom stereocenters. The highest BCUT2D eigenvalue weighted by atomic mass is 16.3. The molecule has 21 heavy (non-hydrogen) atoms. The highest BCUT2D eigenvalue weighted by Crippen LogP contribution is 2.07. The SMILES string of the molecule is CC(C)CCNC(=O)c1cc(NCc2ccco2)ncn1. The molecule has 0 radical (unpaired) electrons. The van der Waals surface area contributed by atoms with Gasteiger partial charge in [-0.15, -0.1) is 0 Å². The smallest absolute Gasteiger partial charge is 0.270 e. The van der Waals surface area contributed by atoms with Gasteiger partial charge < -0.3 is 15.1 Å². The minimum Gasteiger partial charge on any atom is -0.467 e. The van der Waals surface area contributed by atoms with E-state index in [1.165, 1.54) is 6.33 Å². The Morgan fingerprint density at radius 3 is 2.95 bits per heavy atom. The van der Waals surface area contributed by atoms with Crippen molar-refractivity contribution in [1.82, 2.24) is 15.3 Å². The first-order valence-corrected chi connectivity index (χ1v) is 7.01. The molecule has 2 heterocycles. The Hall–Kier alpha value is -2.37. The summed E-state index contributed by atoms with van der Waals surface area (Å²) >= 11 is 0. The molecule has 0 aromatic carbocycles. The summed E-state index contributed by atoms with van der Waals surface area (Å²) in [6.45, 7) is 5.40. The van der Waals surface area contributed by atoms with Gasteiger partial charge in [0, 0.05) is 12.6 Å². The zero-order valence-corrected chi connectivity index (χ0v) is 12.3. The third kappa shape index (κ3) is 4.91. The van der Waals surface area contributed by atoms with Crippen molar-refractivity contribution >= 4 is 11.7 Å². The number of anilines is 1. The van der Waals surface area contributed by atoms with Gasteiger partial charge in [0.15, 0.2) is 0 Å². The van der Waals surface area contributed by atoms with Crippen molar-refractivity contribution in [1.29, 1.82) is 0 Å². The van der Waals surface area contributed by atoms with Gasteiger partial charge in [-0.2, -0.15) is 0 Å². The lowest BCUT2D eigenvalue weighted by Crippen LogP contribution is -2.26. The Morgan fingerprint density at radius 1 is 1.38 bits per heavy atom. The van der Waals surface area contributed by atoms with Gasteiger partial charge in [-0.25, -0.2) is 9.97 Å². The van der Waals surface area contributed by atoms with Crippen molar-refractivity contribution in [2.75, 3.05) is 11.9 Å². The van der Waals surface area contributed by atoms with E-state index in [4.69, 9.17) is 4.42 Å². The fourth-order valence-electron chi connectivity index (χ4n) is 1.73. The van der Waals surface area contributed by atoms with Crippen LogP contribution in [0.3, 0.4) is 0 Å². The maximum Gasteiger partial charge on any atom is 0.270 e. The van der Waals surface area contributed by atoms with Crippen LogP contribution in [0.15, 0.2) is 35.2 Å². The van der Waals surface area contributed by atoms with Gasteiger partial charge in [-0.3, -0.25) is 4.79 Å². The van der Waals surface area contributed by atoms with Crippen LogP contribution in [0, 0.1) is 5.92 Å². The van der Waals surface area contributed by atoms with Crippen molar-refractivity contribution in [3.63, 3.8) is 0 Å². The summed E-state index contributed by atoms with van der Waals surface area (Å²) < 4.78 is 5.22. The molecule has 2 aromatic rings. The predicted molar refractivity (Wildman–Crippen MR) is 79.9 cm³/mol. The second kappa shape index (κ2) is 7.42. The van der Waals surface area contributed by atoms with E-state index in [-0.39, 0.29) is 5.91 Å². The highest BCUT2D eigenvalue weighted by Gasteiger charge is 2.08. The van der Waals surface area contributed by atoms with Gasteiger partial charge in [0.25, 0.3) is 5.91 Å². The summed E-state index contributed by atoms with van der Waals surface area (Å²) in [6.07, 6.45) is 3.94. The number of amides is 1. The number of carbonyl (C=O) groups is 1. The molecule has 0 spiro atoms. The number of furan rings is 1. The topological polar surface area (TPSA) is 80.0 Å². The second-order valence-corrected chi connectivity index (χ2v) is 5.16. The van der Waals surface area contributed by atoms with Crippen molar-refractivity contribution in [3.05, 3.63) is 42.2 Å². The Labute approximate surface area is 124 Å². The molecule has 6 nitrogen and oxygen atoms in total. The number of hydrogen-bond acceptors (Lipinski definition) is 5. The van der Waals surface area contributed by atoms with Crippen LogP contribution in [-0.4, -0.2) is 22.4 Å². The first-order chi connectivity index (χ1) is 10.1. The molecule has 0 atom stereocenters. The van der Waals surface area contributed by atoms with Gasteiger partial charge >= 0.3 is 0 Å². The standard InChI is InChI=1S/C15H20N4O2/c1-11(2)5-6-16-15(20)13-8-14(19-10-18-13)17-9-12-4-3-7-21-12/h3-4,7-8,10-11H,5-6,9H2,1-2H3,(H,16,20)(H,17,18,19). The van der Waals surface area contributed by atoms with E-state index < -0.39 is 0 Å². The van der Waals surface area contributed by atoms with Crippen LogP contribution in [0.25, 0.3) is 0 Å². The Balaban J connectivity index is 1.89. The monoisotopic (exact) mass is 288 g/mol. The normalized spacial score (nSPS) is 10.6. The Bertz CT molecular complexity index is 567. The highest BCUT2D eigenvalue weighted by molar-refractivity contribution is 5.92. The third-order valence-electron chi connectivity index (χ3n) is 2.93. The van der Waals surface area contributed by atoms with Crippen molar-refractivity contribution < 1.29 is 9.21 Å². The van der Waals surface area contributed by atoms with E-state index in [9.17, 15) is 4.79 Å². The molecule has 2 aromatic heterocycles. The van der Waals surface area contributed by atoms with E-state index >= 15 is 0 Å². The minimum atomic E-state index is -0.181. The van der Waals surface area contributed by atoms with E-state index in [0.717, 1.165) is 12.2 Å². The molecule has 0 aliphatic carbocycles. The largest absolute Gasteiger partial charge is 0.467 e. The lowest BCUT2D eigenvalue weighted by molar-refractivity contribution is 0.0947. The molecular weight excluding hydrogens is 268 g/mol. The van der Waals surface area contributed by atoms with Crippen molar-refractivity contribution in [3.8, 4) is 0 Å². The molecule has 2 N–H and O–H groups in total. The number of rotatable bonds is 7. The molecule has 6 heteroatoms. The van der Waals surface area contributed by atoms with E-state index in [0.29, 0.717) is 30.5 Å². The van der Waals surface area contributed by atoms with Gasteiger partial charge in [0.1, 0.15) is 23.6 Å². The summed E-state index contributed by atoms with van der Waals surface area (Å²) in [7, 11) is 0. The Kier molecular flexibility index (Phi) is 5.31. The molecule has 0 saturated carbocycles. The van der Waals surface area contributed by atoms with Crippen LogP contribution in [0.5, 0.6) is 0 Å². The maximum absolute atomic E-state index is 12.0. The molecule has 1 amide bonds. The van der Waals surface area contributed by atoms with Crippen LogP contribution in [0.4, 0.5) is 5.82 Å². The van der Waals surface area contributed by atoms with Gasteiger partial charge in [0.05, 0.1) is 12.8 Å². The summed E-state index contributed by atoms with van der Waals surface area (Å²) in [5.41, 5.74) is 0.357. The van der Waals surface area contributed by atoms with Gasteiger partial charge in [-0.05, 0) is 24.5 Å².